The van der Waals surface area contributed by atoms with Crippen LogP contribution in [0, 0.1) is 0 Å². The molecule has 68 valence electrons. The van der Waals surface area contributed by atoms with Crippen LogP contribution in [0.15, 0.2) is 24.2 Å². The van der Waals surface area contributed by atoms with Crippen molar-refractivity contribution in [2.75, 3.05) is 0 Å². The number of aromatic amines is 1. The zero-order valence-electron chi connectivity index (χ0n) is 7.50. The third kappa shape index (κ3) is 1.90. The fourth-order valence-corrected chi connectivity index (χ4v) is 1.02. The first-order valence-corrected chi connectivity index (χ1v) is 3.87. The van der Waals surface area contributed by atoms with E-state index in [2.05, 4.69) is 9.97 Å². The van der Waals surface area contributed by atoms with Gasteiger partial charge in [0.15, 0.2) is 5.78 Å². The first-order valence-electron chi connectivity index (χ1n) is 3.87. The molecule has 0 aliphatic heterocycles. The van der Waals surface area contributed by atoms with E-state index in [1.807, 2.05) is 0 Å². The highest BCUT2D eigenvalue weighted by molar-refractivity contribution is 6.24. The molecule has 0 spiro atoms. The van der Waals surface area contributed by atoms with Crippen LogP contribution < -0.4 is 0 Å². The number of imidazole rings is 1. The normalized spacial score (nSPS) is 11.4. The Bertz CT molecular complexity index is 350. The SMILES string of the molecule is C/C=C(/C(C)=O)C(=O)c1cnc[nH]1. The van der Waals surface area contributed by atoms with E-state index >= 15 is 0 Å². The molecule has 0 saturated heterocycles. The van der Waals surface area contributed by atoms with Gasteiger partial charge < -0.3 is 4.98 Å². The molecule has 1 rings (SSSR count). The number of H-pyrrole nitrogens is 1. The van der Waals surface area contributed by atoms with Gasteiger partial charge in [0.2, 0.25) is 5.78 Å². The second kappa shape index (κ2) is 3.80. The highest BCUT2D eigenvalue weighted by atomic mass is 16.1. The maximum absolute atomic E-state index is 11.5. The zero-order chi connectivity index (χ0) is 9.84. The lowest BCUT2D eigenvalue weighted by Gasteiger charge is -1.97. The van der Waals surface area contributed by atoms with Gasteiger partial charge in [0.1, 0.15) is 5.69 Å². The van der Waals surface area contributed by atoms with Gasteiger partial charge in [-0.2, -0.15) is 0 Å². The number of hydrogen-bond acceptors (Lipinski definition) is 3. The second-order valence-corrected chi connectivity index (χ2v) is 2.55. The van der Waals surface area contributed by atoms with E-state index in [4.69, 9.17) is 0 Å². The van der Waals surface area contributed by atoms with Crippen molar-refractivity contribution in [3.8, 4) is 0 Å². The van der Waals surface area contributed by atoms with Crippen molar-refractivity contribution in [3.63, 3.8) is 0 Å². The predicted octanol–water partition coefficient (Wildman–Crippen LogP) is 1.13. The molecule has 0 amide bonds. The molecule has 0 bridgehead atoms. The molecule has 0 aromatic carbocycles. The monoisotopic (exact) mass is 178 g/mol. The summed E-state index contributed by atoms with van der Waals surface area (Å²) in [6, 6.07) is 0. The Morgan fingerprint density at radius 1 is 1.54 bits per heavy atom. The first kappa shape index (κ1) is 9.38. The number of hydrogen-bond donors (Lipinski definition) is 1. The van der Waals surface area contributed by atoms with E-state index in [9.17, 15) is 9.59 Å². The van der Waals surface area contributed by atoms with Gasteiger partial charge in [-0.25, -0.2) is 4.98 Å². The van der Waals surface area contributed by atoms with Crippen LogP contribution in [0.1, 0.15) is 24.3 Å². The Morgan fingerprint density at radius 2 is 2.23 bits per heavy atom. The van der Waals surface area contributed by atoms with E-state index in [1.54, 1.807) is 6.92 Å². The highest BCUT2D eigenvalue weighted by Gasteiger charge is 2.15. The minimum atomic E-state index is -0.312. The van der Waals surface area contributed by atoms with Crippen LogP contribution in [0.4, 0.5) is 0 Å². The Kier molecular flexibility index (Phi) is 2.74. The number of nitrogens with one attached hydrogen (secondary N) is 1. The summed E-state index contributed by atoms with van der Waals surface area (Å²) in [6.45, 7) is 3.02. The number of aromatic nitrogens is 2. The van der Waals surface area contributed by atoms with Gasteiger partial charge >= 0.3 is 0 Å². The third-order valence-electron chi connectivity index (χ3n) is 1.66. The van der Waals surface area contributed by atoms with Crippen molar-refractivity contribution < 1.29 is 9.59 Å². The van der Waals surface area contributed by atoms with Crippen LogP contribution in [0.2, 0.25) is 0 Å². The van der Waals surface area contributed by atoms with Crippen LogP contribution in [0.3, 0.4) is 0 Å². The van der Waals surface area contributed by atoms with Crippen LogP contribution in [0.5, 0.6) is 0 Å². The average Bonchev–Trinajstić information content (AvgIpc) is 2.56. The first-order chi connectivity index (χ1) is 6.16. The predicted molar refractivity (Wildman–Crippen MR) is 47.4 cm³/mol. The third-order valence-corrected chi connectivity index (χ3v) is 1.66. The summed E-state index contributed by atoms with van der Waals surface area (Å²) in [5.74, 6) is -0.547. The summed E-state index contributed by atoms with van der Waals surface area (Å²) < 4.78 is 0. The molecule has 0 aliphatic carbocycles. The van der Waals surface area contributed by atoms with E-state index in [0.29, 0.717) is 5.69 Å². The summed E-state index contributed by atoms with van der Waals surface area (Å²) in [5.41, 5.74) is 0.521. The highest BCUT2D eigenvalue weighted by Crippen LogP contribution is 2.05. The van der Waals surface area contributed by atoms with Gasteiger partial charge in [0.25, 0.3) is 0 Å². The van der Waals surface area contributed by atoms with E-state index < -0.39 is 0 Å². The molecule has 0 fully saturated rings. The van der Waals surface area contributed by atoms with Gasteiger partial charge in [-0.05, 0) is 13.8 Å². The molecule has 0 radical (unpaired) electrons. The molecule has 1 aromatic rings. The molecule has 13 heavy (non-hydrogen) atoms. The van der Waals surface area contributed by atoms with Crippen molar-refractivity contribution in [1.29, 1.82) is 0 Å². The van der Waals surface area contributed by atoms with Crippen molar-refractivity contribution in [2.24, 2.45) is 0 Å². The number of carbonyl (C=O) groups is 2. The molecular weight excluding hydrogens is 168 g/mol. The zero-order valence-corrected chi connectivity index (χ0v) is 7.50. The molecule has 1 N–H and O–H groups in total. The Balaban J connectivity index is 2.97. The van der Waals surface area contributed by atoms with Crippen molar-refractivity contribution in [1.82, 2.24) is 9.97 Å². The van der Waals surface area contributed by atoms with Gasteiger partial charge in [0.05, 0.1) is 18.1 Å². The largest absolute Gasteiger partial charge is 0.342 e. The molecule has 1 heterocycles. The van der Waals surface area contributed by atoms with Crippen LogP contribution in [0.25, 0.3) is 0 Å². The van der Waals surface area contributed by atoms with Crippen LogP contribution >= 0.6 is 0 Å². The lowest BCUT2D eigenvalue weighted by Crippen LogP contribution is -2.10. The number of carbonyl (C=O) groups excluding carboxylic acids is 2. The van der Waals surface area contributed by atoms with Gasteiger partial charge in [-0.3, -0.25) is 9.59 Å². The van der Waals surface area contributed by atoms with Crippen molar-refractivity contribution >= 4 is 11.6 Å². The van der Waals surface area contributed by atoms with Crippen LogP contribution in [-0.4, -0.2) is 21.5 Å². The average molecular weight is 178 g/mol. The summed E-state index contributed by atoms with van der Waals surface area (Å²) in [7, 11) is 0. The minimum Gasteiger partial charge on any atom is -0.342 e. The molecule has 0 saturated carbocycles. The smallest absolute Gasteiger partial charge is 0.214 e. The molecule has 0 unspecified atom stereocenters. The Morgan fingerprint density at radius 3 is 2.62 bits per heavy atom. The van der Waals surface area contributed by atoms with E-state index in [-0.39, 0.29) is 17.1 Å². The van der Waals surface area contributed by atoms with Gasteiger partial charge in [-0.15, -0.1) is 0 Å². The Labute approximate surface area is 75.7 Å². The number of allylic oxidation sites excluding steroid dienone is 2. The number of ketones is 2. The molecule has 0 aliphatic rings. The summed E-state index contributed by atoms with van der Waals surface area (Å²) in [5, 5.41) is 0. The molecule has 4 nitrogen and oxygen atoms in total. The lowest BCUT2D eigenvalue weighted by molar-refractivity contribution is -0.113. The van der Waals surface area contributed by atoms with Crippen molar-refractivity contribution in [2.45, 2.75) is 13.8 Å². The minimum absolute atomic E-state index is 0.184. The quantitative estimate of drug-likeness (QED) is 0.326. The van der Waals surface area contributed by atoms with E-state index in [1.165, 1.54) is 25.5 Å². The summed E-state index contributed by atoms with van der Waals surface area (Å²) in [4.78, 5) is 28.9. The van der Waals surface area contributed by atoms with E-state index in [0.717, 1.165) is 0 Å². The fourth-order valence-electron chi connectivity index (χ4n) is 1.02. The van der Waals surface area contributed by atoms with Gasteiger partial charge in [-0.1, -0.05) is 6.08 Å². The number of Topliss-reactive ketones (excluding diaryl/α,β-unsaturated/α-hetero) is 2. The summed E-state index contributed by atoms with van der Waals surface area (Å²) in [6.07, 6.45) is 4.31. The topological polar surface area (TPSA) is 62.8 Å². The second-order valence-electron chi connectivity index (χ2n) is 2.55. The van der Waals surface area contributed by atoms with Gasteiger partial charge in [0, 0.05) is 0 Å². The Hall–Kier alpha value is -1.71. The maximum Gasteiger partial charge on any atom is 0.214 e. The van der Waals surface area contributed by atoms with Crippen molar-refractivity contribution in [3.05, 3.63) is 29.9 Å². The maximum atomic E-state index is 11.5. The molecule has 0 atom stereocenters. The standard InChI is InChI=1S/C9H10N2O2/c1-3-7(6(2)12)9(13)8-4-10-5-11-8/h3-5H,1-2H3,(H,10,11)/b7-3-. The molecule has 1 aromatic heterocycles. The number of rotatable bonds is 3. The lowest BCUT2D eigenvalue weighted by atomic mass is 10.1. The summed E-state index contributed by atoms with van der Waals surface area (Å²) >= 11 is 0. The fraction of sp³-hybridized carbons (Fsp3) is 0.222. The number of nitrogens with zero attached hydrogens (tertiary/aromatic N) is 1. The molecular formula is C9H10N2O2. The molecule has 4 heteroatoms. The van der Waals surface area contributed by atoms with Crippen LogP contribution in [-0.2, 0) is 4.79 Å².